The number of aromatic nitrogens is 2. The van der Waals surface area contributed by atoms with Crippen molar-refractivity contribution < 1.29 is 9.90 Å². The van der Waals surface area contributed by atoms with Crippen molar-refractivity contribution in [2.45, 2.75) is 12.5 Å². The van der Waals surface area contributed by atoms with Gasteiger partial charge in [0, 0.05) is 11.6 Å². The topological polar surface area (TPSA) is 57.8 Å². The Morgan fingerprint density at radius 2 is 2.32 bits per heavy atom. The number of rotatable bonds is 1. The Bertz CT molecular complexity index is 790. The summed E-state index contributed by atoms with van der Waals surface area (Å²) in [6.45, 7) is 2.55. The first kappa shape index (κ1) is 11.4. The molecule has 1 saturated heterocycles. The Morgan fingerprint density at radius 3 is 3.05 bits per heavy atom. The molecular weight excluding hydrogens is 282 g/mol. The Labute approximate surface area is 116 Å². The molecule has 19 heavy (non-hydrogen) atoms. The number of hydrogen-bond acceptors (Lipinski definition) is 5. The van der Waals surface area contributed by atoms with Crippen LogP contribution in [0.2, 0.25) is 0 Å². The minimum atomic E-state index is -0.727. The Kier molecular flexibility index (Phi) is 2.13. The average molecular weight is 293 g/mol. The Balaban J connectivity index is 1.71. The normalized spacial score (nSPS) is 18.1. The predicted octanol–water partition coefficient (Wildman–Crippen LogP) is 1.82. The number of β-amino-alcohol motifs (C(OH)–C–C–N with tert-alkyl or cyclic N) is 1. The number of amides is 1. The van der Waals surface area contributed by atoms with Gasteiger partial charge in [0.1, 0.15) is 4.83 Å². The van der Waals surface area contributed by atoms with E-state index in [1.165, 1.54) is 11.3 Å². The first-order valence-corrected chi connectivity index (χ1v) is 7.60. The molecule has 0 unspecified atom stereocenters. The van der Waals surface area contributed by atoms with Gasteiger partial charge in [0.15, 0.2) is 4.96 Å². The van der Waals surface area contributed by atoms with E-state index in [-0.39, 0.29) is 5.91 Å². The lowest BCUT2D eigenvalue weighted by molar-refractivity contribution is -0.0666. The van der Waals surface area contributed by atoms with Gasteiger partial charge >= 0.3 is 0 Å². The van der Waals surface area contributed by atoms with Crippen LogP contribution in [0.15, 0.2) is 17.6 Å². The molecule has 3 aromatic heterocycles. The molecule has 0 saturated carbocycles. The van der Waals surface area contributed by atoms with Gasteiger partial charge in [0.25, 0.3) is 5.91 Å². The molecule has 1 aliphatic rings. The number of carbonyl (C=O) groups excluding carboxylic acids is 1. The van der Waals surface area contributed by atoms with Crippen molar-refractivity contribution in [3.05, 3.63) is 22.5 Å². The lowest BCUT2D eigenvalue weighted by Gasteiger charge is -2.43. The lowest BCUT2D eigenvalue weighted by atomic mass is 9.97. The van der Waals surface area contributed by atoms with Crippen LogP contribution in [0.1, 0.15) is 16.6 Å². The number of likely N-dealkylation sites (tertiary alicyclic amines) is 1. The molecule has 5 nitrogen and oxygen atoms in total. The number of fused-ring (bicyclic) bond motifs is 3. The maximum Gasteiger partial charge on any atom is 0.264 e. The van der Waals surface area contributed by atoms with Crippen LogP contribution >= 0.6 is 22.7 Å². The second kappa shape index (κ2) is 3.56. The summed E-state index contributed by atoms with van der Waals surface area (Å²) in [5.41, 5.74) is 0.256. The minimum absolute atomic E-state index is 0.0153. The first-order chi connectivity index (χ1) is 9.03. The third kappa shape index (κ3) is 1.62. The second-order valence-electron chi connectivity index (χ2n) is 5.13. The van der Waals surface area contributed by atoms with E-state index in [9.17, 15) is 9.90 Å². The fraction of sp³-hybridized carbons (Fsp3) is 0.333. The van der Waals surface area contributed by atoms with Crippen molar-refractivity contribution in [1.29, 1.82) is 0 Å². The molecule has 7 heteroatoms. The molecule has 3 aromatic rings. The van der Waals surface area contributed by atoms with Gasteiger partial charge in [0.05, 0.1) is 29.1 Å². The number of nitrogens with zero attached hydrogens (tertiary/aromatic N) is 3. The van der Waals surface area contributed by atoms with Crippen molar-refractivity contribution in [1.82, 2.24) is 14.3 Å². The van der Waals surface area contributed by atoms with E-state index in [1.54, 1.807) is 23.2 Å². The summed E-state index contributed by atoms with van der Waals surface area (Å²) in [4.78, 5) is 20.9. The molecule has 0 spiro atoms. The minimum Gasteiger partial charge on any atom is -0.386 e. The van der Waals surface area contributed by atoms with Crippen LogP contribution in [0, 0.1) is 0 Å². The third-order valence-electron chi connectivity index (χ3n) is 3.30. The maximum atomic E-state index is 12.2. The van der Waals surface area contributed by atoms with Gasteiger partial charge in [0.2, 0.25) is 0 Å². The highest BCUT2D eigenvalue weighted by molar-refractivity contribution is 7.21. The van der Waals surface area contributed by atoms with Crippen molar-refractivity contribution in [2.24, 2.45) is 0 Å². The second-order valence-corrected chi connectivity index (χ2v) is 7.03. The zero-order chi connectivity index (χ0) is 13.2. The Hall–Kier alpha value is -1.44. The van der Waals surface area contributed by atoms with E-state index in [1.807, 2.05) is 22.0 Å². The zero-order valence-corrected chi connectivity index (χ0v) is 11.8. The highest BCUT2D eigenvalue weighted by Crippen LogP contribution is 2.31. The number of aliphatic hydroxyl groups is 1. The molecule has 0 atom stereocenters. The van der Waals surface area contributed by atoms with Crippen LogP contribution in [-0.2, 0) is 0 Å². The van der Waals surface area contributed by atoms with Gasteiger partial charge in [-0.1, -0.05) is 0 Å². The van der Waals surface area contributed by atoms with Gasteiger partial charge in [-0.2, -0.15) is 0 Å². The molecule has 4 rings (SSSR count). The SMILES string of the molecule is CC1(O)CN(C(=O)c2cc3c(nc4sccn43)s2)C1. The molecule has 1 amide bonds. The molecule has 4 heterocycles. The summed E-state index contributed by atoms with van der Waals surface area (Å²) >= 11 is 3.00. The monoisotopic (exact) mass is 293 g/mol. The van der Waals surface area contributed by atoms with Crippen molar-refractivity contribution in [3.8, 4) is 0 Å². The van der Waals surface area contributed by atoms with Crippen LogP contribution in [0.25, 0.3) is 15.3 Å². The lowest BCUT2D eigenvalue weighted by Crippen LogP contribution is -2.61. The smallest absolute Gasteiger partial charge is 0.264 e. The quantitative estimate of drug-likeness (QED) is 0.744. The molecular formula is C12H11N3O2S2. The highest BCUT2D eigenvalue weighted by atomic mass is 32.1. The van der Waals surface area contributed by atoms with Crippen LogP contribution < -0.4 is 0 Å². The van der Waals surface area contributed by atoms with E-state index < -0.39 is 5.60 Å². The molecule has 0 bridgehead atoms. The summed E-state index contributed by atoms with van der Waals surface area (Å²) in [5, 5.41) is 11.7. The standard InChI is InChI=1S/C12H11N3O2S2/c1-12(17)5-14(6-12)10(16)8-4-7-9(19-8)13-11-15(7)2-3-18-11/h2-4,17H,5-6H2,1H3. The van der Waals surface area contributed by atoms with Crippen LogP contribution in [0.3, 0.4) is 0 Å². The molecule has 1 aliphatic heterocycles. The summed E-state index contributed by atoms with van der Waals surface area (Å²) in [5.74, 6) is -0.0153. The molecule has 0 aromatic carbocycles. The number of thiazole rings is 1. The largest absolute Gasteiger partial charge is 0.386 e. The summed E-state index contributed by atoms with van der Waals surface area (Å²) in [6.07, 6.45) is 1.96. The van der Waals surface area contributed by atoms with E-state index in [4.69, 9.17) is 0 Å². The summed E-state index contributed by atoms with van der Waals surface area (Å²) in [7, 11) is 0. The zero-order valence-electron chi connectivity index (χ0n) is 10.2. The van der Waals surface area contributed by atoms with E-state index >= 15 is 0 Å². The van der Waals surface area contributed by atoms with Crippen LogP contribution in [0.5, 0.6) is 0 Å². The Morgan fingerprint density at radius 1 is 1.53 bits per heavy atom. The van der Waals surface area contributed by atoms with Crippen LogP contribution in [-0.4, -0.2) is 44.0 Å². The van der Waals surface area contributed by atoms with Crippen molar-refractivity contribution in [2.75, 3.05) is 13.1 Å². The fourth-order valence-electron chi connectivity index (χ4n) is 2.43. The summed E-state index contributed by atoms with van der Waals surface area (Å²) in [6, 6.07) is 1.89. The van der Waals surface area contributed by atoms with Crippen LogP contribution in [0.4, 0.5) is 0 Å². The van der Waals surface area contributed by atoms with Crippen molar-refractivity contribution in [3.63, 3.8) is 0 Å². The molecule has 0 aliphatic carbocycles. The molecule has 0 radical (unpaired) electrons. The molecule has 1 fully saturated rings. The fourth-order valence-corrected chi connectivity index (χ4v) is 4.20. The maximum absolute atomic E-state index is 12.2. The van der Waals surface area contributed by atoms with E-state index in [0.717, 1.165) is 15.3 Å². The molecule has 98 valence electrons. The average Bonchev–Trinajstić information content (AvgIpc) is 2.94. The first-order valence-electron chi connectivity index (χ1n) is 5.90. The highest BCUT2D eigenvalue weighted by Gasteiger charge is 2.40. The summed E-state index contributed by atoms with van der Waals surface area (Å²) < 4.78 is 2.00. The number of hydrogen-bond donors (Lipinski definition) is 1. The molecule has 1 N–H and O–H groups in total. The van der Waals surface area contributed by atoms with Gasteiger partial charge in [-0.15, -0.1) is 22.7 Å². The third-order valence-corrected chi connectivity index (χ3v) is 5.06. The van der Waals surface area contributed by atoms with E-state index in [0.29, 0.717) is 18.0 Å². The number of thiophene rings is 1. The number of carbonyl (C=O) groups is 1. The van der Waals surface area contributed by atoms with Gasteiger partial charge < -0.3 is 10.0 Å². The van der Waals surface area contributed by atoms with Gasteiger partial charge in [-0.3, -0.25) is 9.20 Å². The number of imidazole rings is 1. The predicted molar refractivity (Wildman–Crippen MR) is 75.0 cm³/mol. The van der Waals surface area contributed by atoms with Crippen molar-refractivity contribution >= 4 is 43.9 Å². The van der Waals surface area contributed by atoms with E-state index in [2.05, 4.69) is 4.98 Å². The van der Waals surface area contributed by atoms with Gasteiger partial charge in [-0.05, 0) is 13.0 Å². The van der Waals surface area contributed by atoms with Gasteiger partial charge in [-0.25, -0.2) is 4.98 Å².